The second kappa shape index (κ2) is 8.66. The molecule has 1 unspecified atom stereocenters. The molecule has 1 aliphatic heterocycles. The molecule has 2 heterocycles. The van der Waals surface area contributed by atoms with Gasteiger partial charge in [-0.15, -0.1) is 5.10 Å². The number of benzene rings is 2. The summed E-state index contributed by atoms with van der Waals surface area (Å²) in [4.78, 5) is 2.31. The average molecular weight is 431 g/mol. The first kappa shape index (κ1) is 21.3. The zero-order chi connectivity index (χ0) is 22.0. The third kappa shape index (κ3) is 4.56. The number of hydrogen-bond donors (Lipinski definition) is 0. The van der Waals surface area contributed by atoms with Crippen LogP contribution in [0.1, 0.15) is 47.8 Å². The highest BCUT2D eigenvalue weighted by Crippen LogP contribution is 2.36. The minimum absolute atomic E-state index is 0.0548. The maximum Gasteiger partial charge on any atom is 0.416 e. The van der Waals surface area contributed by atoms with Crippen LogP contribution in [0.25, 0.3) is 5.69 Å². The fourth-order valence-electron chi connectivity index (χ4n) is 4.16. The average Bonchev–Trinajstić information content (AvgIpc) is 3.19. The van der Waals surface area contributed by atoms with Crippen LogP contribution in [0.3, 0.4) is 0 Å². The summed E-state index contributed by atoms with van der Waals surface area (Å²) in [7, 11) is 1.63. The molecule has 0 saturated carbocycles. The Labute approximate surface area is 178 Å². The summed E-state index contributed by atoms with van der Waals surface area (Å²) >= 11 is 0. The van der Waals surface area contributed by atoms with Crippen LogP contribution in [0, 0.1) is 6.92 Å². The standard InChI is InChI=1S/C22H24F3N5O/c1-15-26-27-28-30(15)19-10-11-21(31-2)17(13-19)14-29-12-4-3-5-20(29)16-6-8-18(9-7-16)22(23,24)25/h6-11,13,20H,3-5,12,14H2,1-2H3. The molecule has 0 spiro atoms. The Kier molecular flexibility index (Phi) is 5.95. The normalized spacial score (nSPS) is 17.6. The van der Waals surface area contributed by atoms with Crippen molar-refractivity contribution in [3.05, 3.63) is 65.0 Å². The number of nitrogens with zero attached hydrogens (tertiary/aromatic N) is 5. The molecule has 0 bridgehead atoms. The molecule has 31 heavy (non-hydrogen) atoms. The van der Waals surface area contributed by atoms with E-state index in [0.29, 0.717) is 12.4 Å². The van der Waals surface area contributed by atoms with Gasteiger partial charge >= 0.3 is 6.18 Å². The number of tetrazole rings is 1. The van der Waals surface area contributed by atoms with Crippen molar-refractivity contribution in [1.82, 2.24) is 25.1 Å². The van der Waals surface area contributed by atoms with Crippen molar-refractivity contribution in [1.29, 1.82) is 0 Å². The summed E-state index contributed by atoms with van der Waals surface area (Å²) in [5.41, 5.74) is 2.10. The minimum Gasteiger partial charge on any atom is -0.496 e. The fourth-order valence-corrected chi connectivity index (χ4v) is 4.16. The van der Waals surface area contributed by atoms with E-state index in [2.05, 4.69) is 20.4 Å². The molecular weight excluding hydrogens is 407 g/mol. The molecule has 0 amide bonds. The zero-order valence-electron chi connectivity index (χ0n) is 17.4. The van der Waals surface area contributed by atoms with E-state index in [9.17, 15) is 13.2 Å². The van der Waals surface area contributed by atoms with Crippen molar-refractivity contribution in [3.63, 3.8) is 0 Å². The van der Waals surface area contributed by atoms with Crippen LogP contribution < -0.4 is 4.74 Å². The lowest BCUT2D eigenvalue weighted by molar-refractivity contribution is -0.137. The molecule has 0 N–H and O–H groups in total. The summed E-state index contributed by atoms with van der Waals surface area (Å²) in [6, 6.07) is 11.4. The van der Waals surface area contributed by atoms with Gasteiger partial charge in [-0.1, -0.05) is 18.6 Å². The van der Waals surface area contributed by atoms with E-state index in [1.165, 1.54) is 12.1 Å². The van der Waals surface area contributed by atoms with Crippen molar-refractivity contribution >= 4 is 0 Å². The third-order valence-electron chi connectivity index (χ3n) is 5.74. The van der Waals surface area contributed by atoms with Crippen LogP contribution in [0.4, 0.5) is 13.2 Å². The number of aromatic nitrogens is 4. The van der Waals surface area contributed by atoms with Crippen molar-refractivity contribution in [2.75, 3.05) is 13.7 Å². The smallest absolute Gasteiger partial charge is 0.416 e. The molecule has 9 heteroatoms. The molecule has 1 aliphatic rings. The Hall–Kier alpha value is -2.94. The highest BCUT2D eigenvalue weighted by molar-refractivity contribution is 5.44. The summed E-state index contributed by atoms with van der Waals surface area (Å²) in [6.45, 7) is 3.31. The number of halogens is 3. The fraction of sp³-hybridized carbons (Fsp3) is 0.409. The van der Waals surface area contributed by atoms with Gasteiger partial charge in [0.2, 0.25) is 0 Å². The van der Waals surface area contributed by atoms with E-state index in [4.69, 9.17) is 4.74 Å². The van der Waals surface area contributed by atoms with E-state index in [1.54, 1.807) is 23.9 Å². The first-order valence-corrected chi connectivity index (χ1v) is 10.2. The first-order valence-electron chi connectivity index (χ1n) is 10.2. The Bertz CT molecular complexity index is 1030. The van der Waals surface area contributed by atoms with Gasteiger partial charge in [-0.25, -0.2) is 0 Å². The maximum absolute atomic E-state index is 13.0. The van der Waals surface area contributed by atoms with Gasteiger partial charge < -0.3 is 4.74 Å². The van der Waals surface area contributed by atoms with Gasteiger partial charge in [-0.05, 0) is 72.6 Å². The first-order chi connectivity index (χ1) is 14.9. The lowest BCUT2D eigenvalue weighted by Crippen LogP contribution is -2.33. The maximum atomic E-state index is 13.0. The molecule has 1 aromatic heterocycles. The Morgan fingerprint density at radius 1 is 1.10 bits per heavy atom. The molecule has 1 atom stereocenters. The third-order valence-corrected chi connectivity index (χ3v) is 5.74. The number of likely N-dealkylation sites (tertiary alicyclic amines) is 1. The van der Waals surface area contributed by atoms with Crippen LogP contribution in [-0.2, 0) is 12.7 Å². The lowest BCUT2D eigenvalue weighted by atomic mass is 9.94. The highest BCUT2D eigenvalue weighted by Gasteiger charge is 2.31. The summed E-state index contributed by atoms with van der Waals surface area (Å²) in [6.07, 6.45) is -1.33. The molecule has 0 aliphatic carbocycles. The highest BCUT2D eigenvalue weighted by atomic mass is 19.4. The second-order valence-electron chi connectivity index (χ2n) is 7.74. The monoisotopic (exact) mass is 431 g/mol. The van der Waals surface area contributed by atoms with E-state index in [0.717, 1.165) is 48.4 Å². The number of aryl methyl sites for hydroxylation is 1. The predicted molar refractivity (Wildman–Crippen MR) is 109 cm³/mol. The van der Waals surface area contributed by atoms with Gasteiger partial charge in [-0.3, -0.25) is 4.90 Å². The van der Waals surface area contributed by atoms with Crippen LogP contribution in [0.2, 0.25) is 0 Å². The summed E-state index contributed by atoms with van der Waals surface area (Å²) in [5, 5.41) is 11.7. The van der Waals surface area contributed by atoms with Crippen molar-refractivity contribution < 1.29 is 17.9 Å². The largest absolute Gasteiger partial charge is 0.496 e. The van der Waals surface area contributed by atoms with Crippen LogP contribution >= 0.6 is 0 Å². The van der Waals surface area contributed by atoms with E-state index in [-0.39, 0.29) is 6.04 Å². The quantitative estimate of drug-likeness (QED) is 0.585. The number of hydrogen-bond acceptors (Lipinski definition) is 5. The van der Waals surface area contributed by atoms with Crippen LogP contribution in [-0.4, -0.2) is 38.8 Å². The van der Waals surface area contributed by atoms with Gasteiger partial charge in [0.1, 0.15) is 5.75 Å². The molecule has 4 rings (SSSR count). The summed E-state index contributed by atoms with van der Waals surface area (Å²) in [5.74, 6) is 1.43. The van der Waals surface area contributed by atoms with Crippen molar-refractivity contribution in [2.45, 2.75) is 44.9 Å². The van der Waals surface area contributed by atoms with Gasteiger partial charge in [0, 0.05) is 18.2 Å². The Balaban J connectivity index is 1.61. The number of piperidine rings is 1. The topological polar surface area (TPSA) is 56.1 Å². The molecule has 2 aromatic carbocycles. The molecule has 0 radical (unpaired) electrons. The number of ether oxygens (including phenoxy) is 1. The molecular formula is C22H24F3N5O. The molecule has 164 valence electrons. The number of methoxy groups -OCH3 is 1. The Morgan fingerprint density at radius 2 is 1.87 bits per heavy atom. The number of alkyl halides is 3. The van der Waals surface area contributed by atoms with Gasteiger partial charge in [0.25, 0.3) is 0 Å². The van der Waals surface area contributed by atoms with Gasteiger partial charge in [0.15, 0.2) is 5.82 Å². The van der Waals surface area contributed by atoms with E-state index >= 15 is 0 Å². The van der Waals surface area contributed by atoms with Gasteiger partial charge in [0.05, 0.1) is 18.4 Å². The predicted octanol–water partition coefficient (Wildman–Crippen LogP) is 4.73. The van der Waals surface area contributed by atoms with Crippen molar-refractivity contribution in [2.24, 2.45) is 0 Å². The minimum atomic E-state index is -4.33. The van der Waals surface area contributed by atoms with Crippen LogP contribution in [0.15, 0.2) is 42.5 Å². The molecule has 1 fully saturated rings. The lowest BCUT2D eigenvalue weighted by Gasteiger charge is -2.36. The van der Waals surface area contributed by atoms with E-state index < -0.39 is 11.7 Å². The Morgan fingerprint density at radius 3 is 2.52 bits per heavy atom. The summed E-state index contributed by atoms with van der Waals surface area (Å²) < 4.78 is 46.1. The second-order valence-corrected chi connectivity index (χ2v) is 7.74. The van der Waals surface area contributed by atoms with Crippen LogP contribution in [0.5, 0.6) is 5.75 Å². The van der Waals surface area contributed by atoms with E-state index in [1.807, 2.05) is 25.1 Å². The molecule has 6 nitrogen and oxygen atoms in total. The van der Waals surface area contributed by atoms with Gasteiger partial charge in [-0.2, -0.15) is 17.9 Å². The SMILES string of the molecule is COc1ccc(-n2nnnc2C)cc1CN1CCCCC1c1ccc(C(F)(F)F)cc1. The number of rotatable bonds is 5. The zero-order valence-corrected chi connectivity index (χ0v) is 17.4. The molecule has 1 saturated heterocycles. The molecule has 3 aromatic rings. The van der Waals surface area contributed by atoms with Crippen molar-refractivity contribution in [3.8, 4) is 11.4 Å².